The van der Waals surface area contributed by atoms with Gasteiger partial charge in [-0.05, 0) is 12.1 Å². The first-order valence-corrected chi connectivity index (χ1v) is 7.74. The Morgan fingerprint density at radius 3 is 2.55 bits per heavy atom. The Balaban J connectivity index is 1.99. The van der Waals surface area contributed by atoms with Gasteiger partial charge in [0.05, 0.1) is 23.1 Å². The molecule has 2 aromatic rings. The van der Waals surface area contributed by atoms with Crippen LogP contribution in [-0.2, 0) is 14.6 Å². The summed E-state index contributed by atoms with van der Waals surface area (Å²) >= 11 is 6.09. The van der Waals surface area contributed by atoms with Crippen molar-refractivity contribution in [3.05, 3.63) is 29.3 Å². The molecule has 0 amide bonds. The van der Waals surface area contributed by atoms with Crippen LogP contribution >= 0.6 is 11.6 Å². The van der Waals surface area contributed by atoms with E-state index in [-0.39, 0.29) is 29.0 Å². The third-order valence-corrected chi connectivity index (χ3v) is 5.65. The van der Waals surface area contributed by atoms with Gasteiger partial charge in [0.1, 0.15) is 10.9 Å². The van der Waals surface area contributed by atoms with Crippen molar-refractivity contribution in [1.29, 1.82) is 0 Å². The number of hydrogen-bond donors (Lipinski definition) is 1. The predicted octanol–water partition coefficient (Wildman–Crippen LogP) is 1.75. The van der Waals surface area contributed by atoms with Crippen molar-refractivity contribution in [2.75, 3.05) is 18.9 Å². The third-order valence-electron chi connectivity index (χ3n) is 3.11. The molecule has 1 saturated heterocycles. The summed E-state index contributed by atoms with van der Waals surface area (Å²) in [5.74, 6) is 0.180. The average molecular weight is 315 g/mol. The Morgan fingerprint density at radius 2 is 2.05 bits per heavy atom. The lowest BCUT2D eigenvalue weighted by Gasteiger charge is -2.26. The van der Waals surface area contributed by atoms with E-state index in [0.29, 0.717) is 11.3 Å². The van der Waals surface area contributed by atoms with E-state index in [9.17, 15) is 8.42 Å². The SMILES string of the molecule is Nc1cc(-c2ccc(S(=O)(=O)C3COC3)c(Cl)c2)no1. The summed E-state index contributed by atoms with van der Waals surface area (Å²) in [4.78, 5) is 0.104. The summed E-state index contributed by atoms with van der Waals surface area (Å²) in [6.45, 7) is 0.417. The molecule has 6 nitrogen and oxygen atoms in total. The molecule has 8 heteroatoms. The van der Waals surface area contributed by atoms with E-state index < -0.39 is 15.1 Å². The lowest BCUT2D eigenvalue weighted by atomic mass is 10.1. The minimum atomic E-state index is -3.45. The fourth-order valence-electron chi connectivity index (χ4n) is 1.89. The first-order valence-electron chi connectivity index (χ1n) is 5.82. The van der Waals surface area contributed by atoms with Crippen molar-refractivity contribution in [1.82, 2.24) is 5.16 Å². The number of nitrogen functional groups attached to an aromatic ring is 1. The van der Waals surface area contributed by atoms with Gasteiger partial charge in [-0.25, -0.2) is 8.42 Å². The maximum Gasteiger partial charge on any atom is 0.222 e. The number of nitrogens with two attached hydrogens (primary N) is 1. The zero-order valence-electron chi connectivity index (χ0n) is 10.2. The number of sulfone groups is 1. The molecule has 3 rings (SSSR count). The van der Waals surface area contributed by atoms with E-state index in [1.54, 1.807) is 12.1 Å². The molecular formula is C12H11ClN2O4S. The average Bonchev–Trinajstić information content (AvgIpc) is 2.72. The molecule has 0 bridgehead atoms. The molecule has 106 valence electrons. The summed E-state index contributed by atoms with van der Waals surface area (Å²) in [5.41, 5.74) is 6.59. The fourth-order valence-corrected chi connectivity index (χ4v) is 3.89. The van der Waals surface area contributed by atoms with Gasteiger partial charge in [-0.2, -0.15) is 0 Å². The third kappa shape index (κ3) is 2.17. The van der Waals surface area contributed by atoms with E-state index in [0.717, 1.165) is 0 Å². The molecule has 0 unspecified atom stereocenters. The van der Waals surface area contributed by atoms with Crippen molar-refractivity contribution < 1.29 is 17.7 Å². The molecule has 1 aliphatic heterocycles. The van der Waals surface area contributed by atoms with Gasteiger partial charge in [0.2, 0.25) is 5.88 Å². The maximum absolute atomic E-state index is 12.3. The summed E-state index contributed by atoms with van der Waals surface area (Å²) in [7, 11) is -3.45. The van der Waals surface area contributed by atoms with Crippen molar-refractivity contribution in [3.8, 4) is 11.3 Å². The summed E-state index contributed by atoms with van der Waals surface area (Å²) in [5, 5.41) is 3.38. The van der Waals surface area contributed by atoms with E-state index in [4.69, 9.17) is 26.6 Å². The molecule has 1 aromatic carbocycles. The van der Waals surface area contributed by atoms with Crippen LogP contribution in [0.15, 0.2) is 33.7 Å². The summed E-state index contributed by atoms with van der Waals surface area (Å²) in [6, 6.07) is 6.16. The van der Waals surface area contributed by atoms with Crippen molar-refractivity contribution in [2.24, 2.45) is 0 Å². The van der Waals surface area contributed by atoms with Crippen LogP contribution in [0.1, 0.15) is 0 Å². The van der Waals surface area contributed by atoms with Gasteiger partial charge in [-0.3, -0.25) is 0 Å². The van der Waals surface area contributed by atoms with E-state index in [1.165, 1.54) is 12.1 Å². The van der Waals surface area contributed by atoms with Crippen LogP contribution in [0, 0.1) is 0 Å². The van der Waals surface area contributed by atoms with Crippen molar-refractivity contribution in [3.63, 3.8) is 0 Å². The zero-order chi connectivity index (χ0) is 14.3. The Morgan fingerprint density at radius 1 is 1.30 bits per heavy atom. The second-order valence-electron chi connectivity index (χ2n) is 4.46. The molecule has 0 saturated carbocycles. The second-order valence-corrected chi connectivity index (χ2v) is 7.07. The molecule has 1 aliphatic rings. The van der Waals surface area contributed by atoms with Crippen molar-refractivity contribution >= 4 is 27.3 Å². The molecule has 0 spiro atoms. The Hall–Kier alpha value is -1.57. The number of aromatic nitrogens is 1. The van der Waals surface area contributed by atoms with Crippen LogP contribution in [0.25, 0.3) is 11.3 Å². The number of anilines is 1. The topological polar surface area (TPSA) is 95.4 Å². The lowest BCUT2D eigenvalue weighted by Crippen LogP contribution is -2.40. The molecule has 2 heterocycles. The number of rotatable bonds is 3. The Labute approximate surface area is 120 Å². The van der Waals surface area contributed by atoms with Gasteiger partial charge >= 0.3 is 0 Å². The molecule has 0 radical (unpaired) electrons. The number of hydrogen-bond acceptors (Lipinski definition) is 6. The highest BCUT2D eigenvalue weighted by molar-refractivity contribution is 7.92. The normalized spacial score (nSPS) is 16.1. The number of halogens is 1. The van der Waals surface area contributed by atoms with Crippen LogP contribution < -0.4 is 5.73 Å². The molecule has 1 aromatic heterocycles. The predicted molar refractivity (Wildman–Crippen MR) is 73.2 cm³/mol. The minimum Gasteiger partial charge on any atom is -0.379 e. The van der Waals surface area contributed by atoms with Crippen molar-refractivity contribution in [2.45, 2.75) is 10.1 Å². The van der Waals surface area contributed by atoms with Gasteiger partial charge in [-0.15, -0.1) is 0 Å². The van der Waals surface area contributed by atoms with Crippen LogP contribution in [0.3, 0.4) is 0 Å². The van der Waals surface area contributed by atoms with Crippen LogP contribution in [0.5, 0.6) is 0 Å². The molecule has 20 heavy (non-hydrogen) atoms. The molecule has 0 atom stereocenters. The first kappa shape index (κ1) is 13.4. The van der Waals surface area contributed by atoms with Gasteiger partial charge in [0.15, 0.2) is 9.84 Å². The highest BCUT2D eigenvalue weighted by Gasteiger charge is 2.35. The van der Waals surface area contributed by atoms with E-state index in [1.807, 2.05) is 0 Å². The second kappa shape index (κ2) is 4.76. The highest BCUT2D eigenvalue weighted by Crippen LogP contribution is 2.31. The number of ether oxygens (including phenoxy) is 1. The van der Waals surface area contributed by atoms with E-state index >= 15 is 0 Å². The Kier molecular flexibility index (Phi) is 3.19. The summed E-state index contributed by atoms with van der Waals surface area (Å²) < 4.78 is 34.2. The molecule has 2 N–H and O–H groups in total. The smallest absolute Gasteiger partial charge is 0.222 e. The number of benzene rings is 1. The Bertz CT molecular complexity index is 753. The van der Waals surface area contributed by atoms with Gasteiger partial charge in [0.25, 0.3) is 0 Å². The number of nitrogens with zero attached hydrogens (tertiary/aromatic N) is 1. The first-order chi connectivity index (χ1) is 9.48. The quantitative estimate of drug-likeness (QED) is 0.927. The largest absolute Gasteiger partial charge is 0.379 e. The van der Waals surface area contributed by atoms with Crippen LogP contribution in [-0.4, -0.2) is 32.0 Å². The van der Waals surface area contributed by atoms with Gasteiger partial charge < -0.3 is 15.0 Å². The minimum absolute atomic E-state index is 0.104. The lowest BCUT2D eigenvalue weighted by molar-refractivity contribution is 0.0416. The highest BCUT2D eigenvalue weighted by atomic mass is 35.5. The molecule has 0 aliphatic carbocycles. The van der Waals surface area contributed by atoms with Gasteiger partial charge in [-0.1, -0.05) is 22.8 Å². The van der Waals surface area contributed by atoms with Crippen LogP contribution in [0.2, 0.25) is 5.02 Å². The zero-order valence-corrected chi connectivity index (χ0v) is 11.8. The fraction of sp³-hybridized carbons (Fsp3) is 0.250. The molecular weight excluding hydrogens is 304 g/mol. The van der Waals surface area contributed by atoms with Crippen LogP contribution in [0.4, 0.5) is 5.88 Å². The summed E-state index contributed by atoms with van der Waals surface area (Å²) in [6.07, 6.45) is 0. The monoisotopic (exact) mass is 314 g/mol. The van der Waals surface area contributed by atoms with E-state index in [2.05, 4.69) is 5.16 Å². The molecule has 1 fully saturated rings. The maximum atomic E-state index is 12.3. The standard InChI is InChI=1S/C12H11ClN2O4S/c13-9-3-7(10-4-12(14)19-15-10)1-2-11(9)20(16,17)8-5-18-6-8/h1-4,8H,5-6,14H2. The van der Waals surface area contributed by atoms with Gasteiger partial charge in [0, 0.05) is 11.6 Å².